The van der Waals surface area contributed by atoms with E-state index in [2.05, 4.69) is 37.7 Å². The first-order chi connectivity index (χ1) is 18.0. The molecule has 2 aromatic heterocycles. The van der Waals surface area contributed by atoms with Crippen LogP contribution in [-0.4, -0.2) is 20.5 Å². The molecule has 182 valence electrons. The van der Waals surface area contributed by atoms with E-state index in [4.69, 9.17) is 21.8 Å². The number of fused-ring (bicyclic) bond motifs is 1. The number of nitriles is 1. The topological polar surface area (TPSA) is 95.1 Å². The van der Waals surface area contributed by atoms with Crippen molar-refractivity contribution < 1.29 is 4.79 Å². The summed E-state index contributed by atoms with van der Waals surface area (Å²) in [5.74, 6) is 0.540. The number of hydrogen-bond donors (Lipinski definition) is 2. The van der Waals surface area contributed by atoms with Crippen molar-refractivity contribution in [3.05, 3.63) is 117 Å². The van der Waals surface area contributed by atoms with Gasteiger partial charge in [0, 0.05) is 35.3 Å². The van der Waals surface area contributed by atoms with E-state index in [1.54, 1.807) is 35.0 Å². The molecule has 0 spiro atoms. The van der Waals surface area contributed by atoms with Crippen LogP contribution in [0.25, 0.3) is 16.9 Å². The van der Waals surface area contributed by atoms with Gasteiger partial charge < -0.3 is 10.6 Å². The van der Waals surface area contributed by atoms with Gasteiger partial charge in [0.05, 0.1) is 28.0 Å². The van der Waals surface area contributed by atoms with Crippen LogP contribution in [0, 0.1) is 11.3 Å². The Labute approximate surface area is 226 Å². The third-order valence-electron chi connectivity index (χ3n) is 5.75. The molecule has 9 heteroatoms. The fourth-order valence-electron chi connectivity index (χ4n) is 3.93. The van der Waals surface area contributed by atoms with Crippen molar-refractivity contribution in [1.82, 2.24) is 19.9 Å². The number of aromatic nitrogens is 3. The van der Waals surface area contributed by atoms with Crippen molar-refractivity contribution in [3.8, 4) is 17.3 Å². The van der Waals surface area contributed by atoms with Crippen molar-refractivity contribution >= 4 is 44.9 Å². The number of rotatable bonds is 7. The van der Waals surface area contributed by atoms with Gasteiger partial charge in [-0.3, -0.25) is 4.79 Å². The lowest BCUT2D eigenvalue weighted by Crippen LogP contribution is -2.22. The Morgan fingerprint density at radius 2 is 1.78 bits per heavy atom. The summed E-state index contributed by atoms with van der Waals surface area (Å²) in [4.78, 5) is 17.3. The van der Waals surface area contributed by atoms with Gasteiger partial charge in [-0.15, -0.1) is 0 Å². The maximum absolute atomic E-state index is 12.5. The highest BCUT2D eigenvalue weighted by atomic mass is 79.9. The normalized spacial score (nSPS) is 10.7. The van der Waals surface area contributed by atoms with Crippen molar-refractivity contribution in [2.45, 2.75) is 13.1 Å². The third-order valence-corrected chi connectivity index (χ3v) is 6.64. The molecule has 7 nitrogen and oxygen atoms in total. The minimum atomic E-state index is -0.226. The molecule has 0 fully saturated rings. The van der Waals surface area contributed by atoms with Crippen LogP contribution in [-0.2, 0) is 13.1 Å². The molecule has 0 aliphatic carbocycles. The Morgan fingerprint density at radius 1 is 1.00 bits per heavy atom. The predicted molar refractivity (Wildman–Crippen MR) is 147 cm³/mol. The summed E-state index contributed by atoms with van der Waals surface area (Å²) >= 11 is 9.96. The van der Waals surface area contributed by atoms with E-state index in [0.717, 1.165) is 32.7 Å². The van der Waals surface area contributed by atoms with Gasteiger partial charge in [0.2, 0.25) is 0 Å². The highest BCUT2D eigenvalue weighted by molar-refractivity contribution is 9.10. The van der Waals surface area contributed by atoms with Crippen molar-refractivity contribution in [2.24, 2.45) is 0 Å². The molecule has 0 saturated heterocycles. The second kappa shape index (κ2) is 10.8. The number of hydrogen-bond acceptors (Lipinski definition) is 5. The molecule has 0 radical (unpaired) electrons. The summed E-state index contributed by atoms with van der Waals surface area (Å²) in [7, 11) is 0. The standard InChI is InChI=1S/C28H20BrClN6O/c29-23-17-34-36-26(13-25(35-27(23)36)22-9-1-2-10-24(22)30)32-15-19-6-3-7-20(11-19)16-33-28(37)21-8-4-5-18(12-21)14-31/h1-13,17,32H,15-16H2,(H,33,37). The lowest BCUT2D eigenvalue weighted by molar-refractivity contribution is 0.0951. The number of halogens is 2. The lowest BCUT2D eigenvalue weighted by Gasteiger charge is -2.12. The fraction of sp³-hybridized carbons (Fsp3) is 0.0714. The Morgan fingerprint density at radius 3 is 2.59 bits per heavy atom. The second-order valence-corrected chi connectivity index (χ2v) is 9.54. The molecule has 0 bridgehead atoms. The minimum absolute atomic E-state index is 0.226. The number of carbonyl (C=O) groups is 1. The number of benzene rings is 3. The first-order valence-electron chi connectivity index (χ1n) is 11.4. The van der Waals surface area contributed by atoms with E-state index >= 15 is 0 Å². The van der Waals surface area contributed by atoms with E-state index in [0.29, 0.717) is 34.9 Å². The van der Waals surface area contributed by atoms with Crippen molar-refractivity contribution in [1.29, 1.82) is 5.26 Å². The van der Waals surface area contributed by atoms with Crippen molar-refractivity contribution in [2.75, 3.05) is 5.32 Å². The maximum Gasteiger partial charge on any atom is 0.251 e. The Balaban J connectivity index is 1.32. The maximum atomic E-state index is 12.5. The molecule has 0 aliphatic rings. The van der Waals surface area contributed by atoms with Crippen LogP contribution < -0.4 is 10.6 Å². The van der Waals surface area contributed by atoms with Gasteiger partial charge in [-0.05, 0) is 51.3 Å². The third kappa shape index (κ3) is 5.48. The van der Waals surface area contributed by atoms with E-state index in [9.17, 15) is 4.79 Å². The van der Waals surface area contributed by atoms with E-state index in [1.807, 2.05) is 54.6 Å². The summed E-state index contributed by atoms with van der Waals surface area (Å²) in [6, 6.07) is 26.2. The first kappa shape index (κ1) is 24.5. The Bertz CT molecular complexity index is 1660. The molecule has 3 aromatic carbocycles. The number of carbonyl (C=O) groups excluding carboxylic acids is 1. The summed E-state index contributed by atoms with van der Waals surface area (Å²) in [6.45, 7) is 0.899. The van der Waals surface area contributed by atoms with Gasteiger partial charge in [-0.1, -0.05) is 60.1 Å². The lowest BCUT2D eigenvalue weighted by atomic mass is 10.1. The van der Waals surface area contributed by atoms with Crippen LogP contribution in [0.2, 0.25) is 5.02 Å². The number of nitrogens with zero attached hydrogens (tertiary/aromatic N) is 4. The predicted octanol–water partition coefficient (Wildman–Crippen LogP) is 6.23. The van der Waals surface area contributed by atoms with Crippen LogP contribution in [0.3, 0.4) is 0 Å². The zero-order valence-corrected chi connectivity index (χ0v) is 21.8. The summed E-state index contributed by atoms with van der Waals surface area (Å²) in [5, 5.41) is 20.5. The van der Waals surface area contributed by atoms with Gasteiger partial charge in [0.25, 0.3) is 5.91 Å². The van der Waals surface area contributed by atoms with Gasteiger partial charge in [0.1, 0.15) is 5.82 Å². The largest absolute Gasteiger partial charge is 0.366 e. The Hall–Kier alpha value is -4.19. The highest BCUT2D eigenvalue weighted by Crippen LogP contribution is 2.30. The average molecular weight is 572 g/mol. The van der Waals surface area contributed by atoms with Gasteiger partial charge in [-0.25, -0.2) is 4.98 Å². The van der Waals surface area contributed by atoms with Crippen LogP contribution in [0.5, 0.6) is 0 Å². The SMILES string of the molecule is N#Cc1cccc(C(=O)NCc2cccc(CNc3cc(-c4ccccc4Cl)nc4c(Br)cnn34)c2)c1. The molecule has 0 unspecified atom stereocenters. The van der Waals surface area contributed by atoms with Crippen LogP contribution in [0.4, 0.5) is 5.82 Å². The fourth-order valence-corrected chi connectivity index (χ4v) is 4.51. The molecule has 5 rings (SSSR count). The number of nitrogens with one attached hydrogen (secondary N) is 2. The molecule has 1 amide bonds. The highest BCUT2D eigenvalue weighted by Gasteiger charge is 2.13. The van der Waals surface area contributed by atoms with Gasteiger partial charge >= 0.3 is 0 Å². The summed E-state index contributed by atoms with van der Waals surface area (Å²) in [6.07, 6.45) is 1.71. The molecule has 2 N–H and O–H groups in total. The monoisotopic (exact) mass is 570 g/mol. The molecule has 0 atom stereocenters. The smallest absolute Gasteiger partial charge is 0.251 e. The zero-order chi connectivity index (χ0) is 25.8. The second-order valence-electron chi connectivity index (χ2n) is 8.28. The summed E-state index contributed by atoms with van der Waals surface area (Å²) < 4.78 is 2.52. The molecule has 37 heavy (non-hydrogen) atoms. The zero-order valence-electron chi connectivity index (χ0n) is 19.5. The average Bonchev–Trinajstić information content (AvgIpc) is 3.31. The summed E-state index contributed by atoms with van der Waals surface area (Å²) in [5.41, 5.74) is 5.15. The molecule has 0 saturated carbocycles. The van der Waals surface area contributed by atoms with Crippen LogP contribution in [0.1, 0.15) is 27.0 Å². The molecule has 2 heterocycles. The Kier molecular flexibility index (Phi) is 7.17. The van der Waals surface area contributed by atoms with Gasteiger partial charge in [-0.2, -0.15) is 14.9 Å². The van der Waals surface area contributed by atoms with E-state index in [1.165, 1.54) is 0 Å². The minimum Gasteiger partial charge on any atom is -0.366 e. The molecular formula is C28H20BrClN6O. The van der Waals surface area contributed by atoms with E-state index < -0.39 is 0 Å². The van der Waals surface area contributed by atoms with E-state index in [-0.39, 0.29) is 5.91 Å². The van der Waals surface area contributed by atoms with Crippen molar-refractivity contribution in [3.63, 3.8) is 0 Å². The quantitative estimate of drug-likeness (QED) is 0.242. The first-order valence-corrected chi connectivity index (χ1v) is 12.6. The van der Waals surface area contributed by atoms with Crippen LogP contribution in [0.15, 0.2) is 89.5 Å². The van der Waals surface area contributed by atoms with Crippen LogP contribution >= 0.6 is 27.5 Å². The molecule has 5 aromatic rings. The number of amides is 1. The molecule has 0 aliphatic heterocycles. The molecular weight excluding hydrogens is 552 g/mol. The number of anilines is 1. The van der Waals surface area contributed by atoms with Gasteiger partial charge in [0.15, 0.2) is 5.65 Å².